The van der Waals surface area contributed by atoms with Crippen LogP contribution >= 0.6 is 35.0 Å². The van der Waals surface area contributed by atoms with E-state index in [1.165, 1.54) is 16.7 Å². The molecule has 0 unspecified atom stereocenters. The molecule has 1 heterocycles. The summed E-state index contributed by atoms with van der Waals surface area (Å²) in [6.45, 7) is 0.294. The van der Waals surface area contributed by atoms with Crippen molar-refractivity contribution in [3.8, 4) is 0 Å². The summed E-state index contributed by atoms with van der Waals surface area (Å²) in [5.74, 6) is -1.17. The highest BCUT2D eigenvalue weighted by atomic mass is 35.5. The fourth-order valence-electron chi connectivity index (χ4n) is 2.84. The smallest absolute Gasteiger partial charge is 0.326 e. The first-order valence-corrected chi connectivity index (χ1v) is 9.37. The van der Waals surface area contributed by atoms with Gasteiger partial charge in [-0.25, -0.2) is 4.79 Å². The number of thioether (sulfide) groups is 1. The van der Waals surface area contributed by atoms with Crippen LogP contribution in [0.5, 0.6) is 0 Å². The van der Waals surface area contributed by atoms with Crippen molar-refractivity contribution >= 4 is 46.8 Å². The standard InChI is InChI=1S/C18H15Cl2NO3S/c19-13-6-3-7-14(20)17(13)25-10-16(22)21-9-12-5-2-1-4-11(12)8-15(21)18(23)24/h1-7,15H,8-10H2,(H,23,24)/t15-/m0/s1. The van der Waals surface area contributed by atoms with Crippen molar-refractivity contribution in [2.45, 2.75) is 23.9 Å². The third kappa shape index (κ3) is 3.94. The van der Waals surface area contributed by atoms with E-state index in [0.717, 1.165) is 11.1 Å². The van der Waals surface area contributed by atoms with Crippen molar-refractivity contribution in [2.75, 3.05) is 5.75 Å². The SMILES string of the molecule is O=C(O)[C@@H]1Cc2ccccc2CN1C(=O)CSc1c(Cl)cccc1Cl. The predicted octanol–water partition coefficient (Wildman–Crippen LogP) is 4.12. The van der Waals surface area contributed by atoms with Gasteiger partial charge in [0.25, 0.3) is 0 Å². The van der Waals surface area contributed by atoms with E-state index in [-0.39, 0.29) is 11.7 Å². The fraction of sp³-hybridized carbons (Fsp3) is 0.222. The summed E-state index contributed by atoms with van der Waals surface area (Å²) in [5, 5.41) is 10.5. The maximum Gasteiger partial charge on any atom is 0.326 e. The first-order chi connectivity index (χ1) is 12.0. The van der Waals surface area contributed by atoms with Gasteiger partial charge >= 0.3 is 5.97 Å². The highest BCUT2D eigenvalue weighted by molar-refractivity contribution is 8.00. The highest BCUT2D eigenvalue weighted by Crippen LogP contribution is 2.34. The van der Waals surface area contributed by atoms with E-state index < -0.39 is 12.0 Å². The molecule has 1 aliphatic rings. The number of carboxylic acids is 1. The van der Waals surface area contributed by atoms with Crippen molar-refractivity contribution in [3.63, 3.8) is 0 Å². The number of hydrogen-bond acceptors (Lipinski definition) is 3. The first kappa shape index (κ1) is 18.1. The molecule has 0 radical (unpaired) electrons. The van der Waals surface area contributed by atoms with Gasteiger partial charge in [-0.2, -0.15) is 0 Å². The number of aliphatic carboxylic acids is 1. The average Bonchev–Trinajstić information content (AvgIpc) is 2.60. The van der Waals surface area contributed by atoms with E-state index in [1.54, 1.807) is 18.2 Å². The van der Waals surface area contributed by atoms with Crippen LogP contribution in [0.15, 0.2) is 47.4 Å². The van der Waals surface area contributed by atoms with Crippen LogP contribution in [0.25, 0.3) is 0 Å². The molecule has 0 fully saturated rings. The molecule has 1 N–H and O–H groups in total. The Hall–Kier alpha value is -1.69. The van der Waals surface area contributed by atoms with Gasteiger partial charge < -0.3 is 10.0 Å². The second kappa shape index (κ2) is 7.68. The summed E-state index contributed by atoms with van der Waals surface area (Å²) in [6.07, 6.45) is 0.314. The average molecular weight is 396 g/mol. The molecule has 1 amide bonds. The highest BCUT2D eigenvalue weighted by Gasteiger charge is 2.34. The van der Waals surface area contributed by atoms with Crippen molar-refractivity contribution in [1.29, 1.82) is 0 Å². The summed E-state index contributed by atoms with van der Waals surface area (Å²) < 4.78 is 0. The van der Waals surface area contributed by atoms with E-state index in [1.807, 2.05) is 24.3 Å². The molecular formula is C18H15Cl2NO3S. The van der Waals surface area contributed by atoms with Crippen LogP contribution in [0.2, 0.25) is 10.0 Å². The van der Waals surface area contributed by atoms with Gasteiger partial charge in [0.05, 0.1) is 15.8 Å². The number of carbonyl (C=O) groups is 2. The van der Waals surface area contributed by atoms with Crippen LogP contribution in [-0.2, 0) is 22.6 Å². The molecule has 7 heteroatoms. The summed E-state index contributed by atoms with van der Waals surface area (Å²) in [7, 11) is 0. The number of carboxylic acid groups (broad SMARTS) is 1. The number of amides is 1. The Kier molecular flexibility index (Phi) is 5.57. The summed E-state index contributed by atoms with van der Waals surface area (Å²) in [4.78, 5) is 26.3. The van der Waals surface area contributed by atoms with Gasteiger partial charge in [-0.05, 0) is 23.3 Å². The van der Waals surface area contributed by atoms with Gasteiger partial charge in [0.1, 0.15) is 6.04 Å². The van der Waals surface area contributed by atoms with Gasteiger partial charge in [0.2, 0.25) is 5.91 Å². The quantitative estimate of drug-likeness (QED) is 0.790. The third-order valence-electron chi connectivity index (χ3n) is 4.11. The maximum atomic E-state index is 12.7. The zero-order chi connectivity index (χ0) is 18.0. The Morgan fingerprint density at radius 3 is 2.36 bits per heavy atom. The van der Waals surface area contributed by atoms with Crippen LogP contribution in [0.3, 0.4) is 0 Å². The Morgan fingerprint density at radius 2 is 1.72 bits per heavy atom. The molecule has 0 aliphatic carbocycles. The lowest BCUT2D eigenvalue weighted by atomic mass is 9.94. The molecule has 4 nitrogen and oxygen atoms in total. The lowest BCUT2D eigenvalue weighted by Gasteiger charge is -2.34. The molecule has 1 aliphatic heterocycles. The first-order valence-electron chi connectivity index (χ1n) is 7.63. The lowest BCUT2D eigenvalue weighted by molar-refractivity contribution is -0.150. The topological polar surface area (TPSA) is 57.6 Å². The molecule has 2 aromatic rings. The predicted molar refractivity (Wildman–Crippen MR) is 99.3 cm³/mol. The zero-order valence-corrected chi connectivity index (χ0v) is 15.4. The van der Waals surface area contributed by atoms with Crippen molar-refractivity contribution in [3.05, 3.63) is 63.6 Å². The number of rotatable bonds is 4. The van der Waals surface area contributed by atoms with Crippen molar-refractivity contribution < 1.29 is 14.7 Å². The Labute approximate surface area is 159 Å². The number of benzene rings is 2. The molecule has 0 aromatic heterocycles. The summed E-state index contributed by atoms with van der Waals surface area (Å²) in [5.41, 5.74) is 1.95. The molecular weight excluding hydrogens is 381 g/mol. The second-order valence-corrected chi connectivity index (χ2v) is 7.49. The van der Waals surface area contributed by atoms with Gasteiger partial charge in [0, 0.05) is 17.9 Å². The molecule has 0 saturated heterocycles. The van der Waals surface area contributed by atoms with Gasteiger partial charge in [0.15, 0.2) is 0 Å². The normalized spacial score (nSPS) is 16.4. The van der Waals surface area contributed by atoms with Crippen molar-refractivity contribution in [2.24, 2.45) is 0 Å². The molecule has 25 heavy (non-hydrogen) atoms. The van der Waals surface area contributed by atoms with Gasteiger partial charge in [-0.15, -0.1) is 11.8 Å². The number of halogens is 2. The number of nitrogens with zero attached hydrogens (tertiary/aromatic N) is 1. The second-order valence-electron chi connectivity index (χ2n) is 5.69. The number of fused-ring (bicyclic) bond motifs is 1. The molecule has 0 saturated carbocycles. The van der Waals surface area contributed by atoms with E-state index >= 15 is 0 Å². The van der Waals surface area contributed by atoms with Crippen molar-refractivity contribution in [1.82, 2.24) is 4.90 Å². The molecule has 0 spiro atoms. The summed E-state index contributed by atoms with van der Waals surface area (Å²) in [6, 6.07) is 11.9. The largest absolute Gasteiger partial charge is 0.480 e. The third-order valence-corrected chi connectivity index (χ3v) is 6.09. The maximum absolute atomic E-state index is 12.7. The number of hydrogen-bond donors (Lipinski definition) is 1. The van der Waals surface area contributed by atoms with Crippen LogP contribution in [-0.4, -0.2) is 33.7 Å². The van der Waals surface area contributed by atoms with E-state index in [4.69, 9.17) is 23.2 Å². The lowest BCUT2D eigenvalue weighted by Crippen LogP contribution is -2.49. The van der Waals surface area contributed by atoms with E-state index in [2.05, 4.69) is 0 Å². The molecule has 3 rings (SSSR count). The molecule has 1 atom stereocenters. The minimum Gasteiger partial charge on any atom is -0.480 e. The molecule has 0 bridgehead atoms. The van der Waals surface area contributed by atoms with Crippen LogP contribution in [0, 0.1) is 0 Å². The number of carbonyl (C=O) groups excluding carboxylic acids is 1. The minimum atomic E-state index is -0.997. The Bertz CT molecular complexity index is 807. The zero-order valence-electron chi connectivity index (χ0n) is 13.1. The van der Waals surface area contributed by atoms with Crippen LogP contribution < -0.4 is 0 Å². The van der Waals surface area contributed by atoms with Gasteiger partial charge in [-0.3, -0.25) is 4.79 Å². The molecule has 2 aromatic carbocycles. The molecule has 130 valence electrons. The van der Waals surface area contributed by atoms with Crippen LogP contribution in [0.1, 0.15) is 11.1 Å². The van der Waals surface area contributed by atoms with E-state index in [0.29, 0.717) is 27.9 Å². The van der Waals surface area contributed by atoms with E-state index in [9.17, 15) is 14.7 Å². The van der Waals surface area contributed by atoms with Gasteiger partial charge in [-0.1, -0.05) is 53.5 Å². The van der Waals surface area contributed by atoms with Crippen LogP contribution in [0.4, 0.5) is 0 Å². The fourth-order valence-corrected chi connectivity index (χ4v) is 4.41. The minimum absolute atomic E-state index is 0.0788. The Morgan fingerprint density at radius 1 is 1.08 bits per heavy atom. The monoisotopic (exact) mass is 395 g/mol. The summed E-state index contributed by atoms with van der Waals surface area (Å²) >= 11 is 13.5. The Balaban J connectivity index is 1.77.